The molecular weight excluding hydrogens is 458 g/mol. The lowest BCUT2D eigenvalue weighted by Crippen LogP contribution is -2.20. The number of fused-ring (bicyclic) bond motifs is 2. The molecule has 1 amide bonds. The normalized spacial score (nSPS) is 11.4. The molecule has 1 aromatic carbocycles. The van der Waals surface area contributed by atoms with Crippen molar-refractivity contribution in [3.05, 3.63) is 54.0 Å². The van der Waals surface area contributed by atoms with Crippen molar-refractivity contribution in [2.75, 3.05) is 31.5 Å². The Hall–Kier alpha value is -3.85. The lowest BCUT2D eigenvalue weighted by molar-refractivity contribution is -0.119. The van der Waals surface area contributed by atoms with Gasteiger partial charge in [-0.2, -0.15) is 0 Å². The fraction of sp³-hybridized carbons (Fsp3) is 0.370. The van der Waals surface area contributed by atoms with Crippen LogP contribution in [-0.2, 0) is 27.2 Å². The molecule has 9 nitrogen and oxygen atoms in total. The molecule has 3 aromatic heterocycles. The Morgan fingerprint density at radius 2 is 1.92 bits per heavy atom. The SMILES string of the molecule is CCC(CC)Nc1cnc2c(c1)c(NC(=O)COC)c(C(=O)OC)n2CCc1c[nH]c2ccccc12. The Morgan fingerprint density at radius 1 is 1.14 bits per heavy atom. The molecule has 9 heteroatoms. The molecule has 0 radical (unpaired) electrons. The van der Waals surface area contributed by atoms with E-state index < -0.39 is 5.97 Å². The van der Waals surface area contributed by atoms with E-state index in [1.54, 1.807) is 6.20 Å². The van der Waals surface area contributed by atoms with Gasteiger partial charge in [0, 0.05) is 42.2 Å². The van der Waals surface area contributed by atoms with Gasteiger partial charge in [0.25, 0.3) is 0 Å². The molecule has 0 fully saturated rings. The third kappa shape index (κ3) is 5.06. The largest absolute Gasteiger partial charge is 0.464 e. The number of para-hydroxylation sites is 1. The van der Waals surface area contributed by atoms with Crippen LogP contribution in [0.25, 0.3) is 21.9 Å². The highest BCUT2D eigenvalue weighted by atomic mass is 16.5. The predicted molar refractivity (Wildman–Crippen MR) is 142 cm³/mol. The number of benzene rings is 1. The molecule has 190 valence electrons. The number of aromatic amines is 1. The Bertz CT molecular complexity index is 1370. The van der Waals surface area contributed by atoms with E-state index in [2.05, 4.69) is 35.5 Å². The molecule has 3 N–H and O–H groups in total. The van der Waals surface area contributed by atoms with E-state index in [1.807, 2.05) is 35.0 Å². The molecule has 0 bridgehead atoms. The van der Waals surface area contributed by atoms with Gasteiger partial charge in [-0.25, -0.2) is 9.78 Å². The van der Waals surface area contributed by atoms with Crippen molar-refractivity contribution in [2.45, 2.75) is 45.7 Å². The maximum absolute atomic E-state index is 13.0. The van der Waals surface area contributed by atoms with Crippen molar-refractivity contribution in [1.29, 1.82) is 0 Å². The number of esters is 1. The Balaban J connectivity index is 1.81. The van der Waals surface area contributed by atoms with Crippen LogP contribution in [0, 0.1) is 0 Å². The Labute approximate surface area is 210 Å². The molecule has 0 atom stereocenters. The summed E-state index contributed by atoms with van der Waals surface area (Å²) < 4.78 is 12.0. The fourth-order valence-electron chi connectivity index (χ4n) is 4.56. The molecule has 0 saturated heterocycles. The minimum Gasteiger partial charge on any atom is -0.464 e. The molecule has 0 spiro atoms. The van der Waals surface area contributed by atoms with Gasteiger partial charge in [-0.05, 0) is 37.0 Å². The van der Waals surface area contributed by atoms with Crippen LogP contribution in [0.1, 0.15) is 42.7 Å². The van der Waals surface area contributed by atoms with Gasteiger partial charge in [0.05, 0.1) is 24.7 Å². The number of amides is 1. The monoisotopic (exact) mass is 491 g/mol. The molecule has 4 aromatic rings. The summed E-state index contributed by atoms with van der Waals surface area (Å²) >= 11 is 0. The van der Waals surface area contributed by atoms with Crippen LogP contribution >= 0.6 is 0 Å². The summed E-state index contributed by atoms with van der Waals surface area (Å²) in [6, 6.07) is 10.3. The van der Waals surface area contributed by atoms with Gasteiger partial charge in [-0.1, -0.05) is 32.0 Å². The van der Waals surface area contributed by atoms with Crippen LogP contribution in [0.15, 0.2) is 42.7 Å². The number of pyridine rings is 1. The number of carbonyl (C=O) groups excluding carboxylic acids is 2. The summed E-state index contributed by atoms with van der Waals surface area (Å²) in [7, 11) is 2.78. The van der Waals surface area contributed by atoms with Crippen LogP contribution < -0.4 is 10.6 Å². The van der Waals surface area contributed by atoms with Crippen molar-refractivity contribution >= 4 is 45.2 Å². The summed E-state index contributed by atoms with van der Waals surface area (Å²) in [6.07, 6.45) is 6.33. The second-order valence-corrected chi connectivity index (χ2v) is 8.71. The van der Waals surface area contributed by atoms with Gasteiger partial charge < -0.3 is 29.7 Å². The van der Waals surface area contributed by atoms with Gasteiger partial charge in [0.2, 0.25) is 5.91 Å². The topological polar surface area (TPSA) is 110 Å². The van der Waals surface area contributed by atoms with Gasteiger partial charge in [0.15, 0.2) is 5.69 Å². The fourth-order valence-corrected chi connectivity index (χ4v) is 4.56. The van der Waals surface area contributed by atoms with E-state index in [1.165, 1.54) is 14.2 Å². The lowest BCUT2D eigenvalue weighted by Gasteiger charge is -2.16. The van der Waals surface area contributed by atoms with Crippen LogP contribution in [0.2, 0.25) is 0 Å². The molecule has 0 unspecified atom stereocenters. The average molecular weight is 492 g/mol. The summed E-state index contributed by atoms with van der Waals surface area (Å²) in [5.74, 6) is -0.911. The average Bonchev–Trinajstić information content (AvgIpc) is 3.44. The van der Waals surface area contributed by atoms with Gasteiger partial charge in [-0.15, -0.1) is 0 Å². The van der Waals surface area contributed by atoms with E-state index in [4.69, 9.17) is 14.5 Å². The van der Waals surface area contributed by atoms with Crippen molar-refractivity contribution < 1.29 is 19.1 Å². The van der Waals surface area contributed by atoms with Crippen LogP contribution in [0.4, 0.5) is 11.4 Å². The van der Waals surface area contributed by atoms with Crippen molar-refractivity contribution in [3.63, 3.8) is 0 Å². The maximum Gasteiger partial charge on any atom is 0.356 e. The number of rotatable bonds is 11. The third-order valence-electron chi connectivity index (χ3n) is 6.45. The number of ether oxygens (including phenoxy) is 2. The summed E-state index contributed by atoms with van der Waals surface area (Å²) in [5.41, 5.74) is 4.23. The summed E-state index contributed by atoms with van der Waals surface area (Å²) in [4.78, 5) is 33.6. The van der Waals surface area contributed by atoms with Crippen LogP contribution in [0.5, 0.6) is 0 Å². The van der Waals surface area contributed by atoms with E-state index in [9.17, 15) is 9.59 Å². The molecule has 0 saturated carbocycles. The molecule has 3 heterocycles. The minimum absolute atomic E-state index is 0.137. The quantitative estimate of drug-likeness (QED) is 0.262. The molecular formula is C27H33N5O4. The van der Waals surface area contributed by atoms with Crippen molar-refractivity contribution in [3.8, 4) is 0 Å². The van der Waals surface area contributed by atoms with Crippen molar-refractivity contribution in [2.24, 2.45) is 0 Å². The standard InChI is InChI=1S/C27H33N5O4/c1-5-18(6-2)30-19-13-21-24(31-23(33)16-35-3)25(27(34)36-4)32(26(21)29-15-19)12-11-17-14-28-22-10-8-7-9-20(17)22/h7-10,13-15,18,28,30H,5-6,11-12,16H2,1-4H3,(H,31,33). The smallest absolute Gasteiger partial charge is 0.356 e. The first-order valence-corrected chi connectivity index (χ1v) is 12.2. The number of nitrogens with one attached hydrogen (secondary N) is 3. The number of H-pyrrole nitrogens is 1. The maximum atomic E-state index is 13.0. The van der Waals surface area contributed by atoms with Crippen LogP contribution in [0.3, 0.4) is 0 Å². The summed E-state index contributed by atoms with van der Waals surface area (Å²) in [5, 5.41) is 8.15. The molecule has 4 rings (SSSR count). The predicted octanol–water partition coefficient (Wildman–Crippen LogP) is 4.73. The first kappa shape index (κ1) is 25.2. The highest BCUT2D eigenvalue weighted by molar-refractivity contribution is 6.11. The lowest BCUT2D eigenvalue weighted by atomic mass is 10.1. The van der Waals surface area contributed by atoms with Gasteiger partial charge in [0.1, 0.15) is 12.3 Å². The summed E-state index contributed by atoms with van der Waals surface area (Å²) in [6.45, 7) is 4.58. The molecule has 0 aliphatic rings. The van der Waals surface area contributed by atoms with Gasteiger partial charge in [-0.3, -0.25) is 4.79 Å². The zero-order valence-electron chi connectivity index (χ0n) is 21.2. The molecule has 36 heavy (non-hydrogen) atoms. The number of anilines is 2. The Kier molecular flexibility index (Phi) is 7.90. The number of carbonyl (C=O) groups is 2. The number of hydrogen-bond donors (Lipinski definition) is 3. The minimum atomic E-state index is -0.547. The number of nitrogens with zero attached hydrogens (tertiary/aromatic N) is 2. The van der Waals surface area contributed by atoms with E-state index in [0.717, 1.165) is 35.0 Å². The third-order valence-corrected chi connectivity index (χ3v) is 6.45. The van der Waals surface area contributed by atoms with E-state index in [-0.39, 0.29) is 18.2 Å². The zero-order valence-corrected chi connectivity index (χ0v) is 21.2. The molecule has 0 aliphatic heterocycles. The number of methoxy groups -OCH3 is 2. The number of hydrogen-bond acceptors (Lipinski definition) is 6. The second-order valence-electron chi connectivity index (χ2n) is 8.71. The first-order valence-electron chi connectivity index (χ1n) is 12.2. The van der Waals surface area contributed by atoms with E-state index in [0.29, 0.717) is 35.7 Å². The molecule has 0 aliphatic carbocycles. The highest BCUT2D eigenvalue weighted by Gasteiger charge is 2.26. The van der Waals surface area contributed by atoms with E-state index >= 15 is 0 Å². The van der Waals surface area contributed by atoms with Crippen LogP contribution in [-0.4, -0.2) is 53.3 Å². The first-order chi connectivity index (χ1) is 17.5. The van der Waals surface area contributed by atoms with Gasteiger partial charge >= 0.3 is 5.97 Å². The number of aryl methyl sites for hydroxylation is 2. The van der Waals surface area contributed by atoms with Crippen molar-refractivity contribution in [1.82, 2.24) is 14.5 Å². The second kappa shape index (κ2) is 11.3. The Morgan fingerprint density at radius 3 is 2.64 bits per heavy atom. The zero-order chi connectivity index (χ0) is 25.7. The highest BCUT2D eigenvalue weighted by Crippen LogP contribution is 2.33. The number of aromatic nitrogens is 3.